The second kappa shape index (κ2) is 8.07. The van der Waals surface area contributed by atoms with Gasteiger partial charge < -0.3 is 16.4 Å². The summed E-state index contributed by atoms with van der Waals surface area (Å²) in [5.41, 5.74) is 5.33. The van der Waals surface area contributed by atoms with E-state index in [0.29, 0.717) is 24.6 Å². The molecule has 2 rings (SSSR count). The standard InChI is InChI=1S/C13H13ClF3N5.ClH/c14-9-6-8(13(15,16)17)7-22-11(9)20-4-5-21-12-10(18)2-1-3-19-12;/h1-3,6-7H,4-5,18H2,(H,19,21)(H,20,22);1H. The van der Waals surface area contributed by atoms with Crippen molar-refractivity contribution in [2.45, 2.75) is 6.18 Å². The highest BCUT2D eigenvalue weighted by Gasteiger charge is 2.31. The predicted molar refractivity (Wildman–Crippen MR) is 87.1 cm³/mol. The summed E-state index contributed by atoms with van der Waals surface area (Å²) in [7, 11) is 0. The quantitative estimate of drug-likeness (QED) is 0.702. The van der Waals surface area contributed by atoms with Crippen LogP contribution in [0, 0.1) is 0 Å². The van der Waals surface area contributed by atoms with Gasteiger partial charge in [0.1, 0.15) is 11.6 Å². The Morgan fingerprint density at radius 2 is 1.78 bits per heavy atom. The number of aromatic nitrogens is 2. The molecule has 2 aromatic rings. The second-order valence-corrected chi connectivity index (χ2v) is 4.75. The number of anilines is 3. The molecule has 5 nitrogen and oxygen atoms in total. The van der Waals surface area contributed by atoms with Crippen LogP contribution in [0.2, 0.25) is 5.02 Å². The maximum absolute atomic E-state index is 12.5. The van der Waals surface area contributed by atoms with E-state index in [0.717, 1.165) is 12.3 Å². The van der Waals surface area contributed by atoms with Crippen LogP contribution in [0.4, 0.5) is 30.5 Å². The van der Waals surface area contributed by atoms with E-state index >= 15 is 0 Å². The van der Waals surface area contributed by atoms with Gasteiger partial charge >= 0.3 is 6.18 Å². The minimum absolute atomic E-state index is 0. The summed E-state index contributed by atoms with van der Waals surface area (Å²) < 4.78 is 37.5. The number of rotatable bonds is 5. The minimum Gasteiger partial charge on any atom is -0.396 e. The fourth-order valence-electron chi connectivity index (χ4n) is 1.65. The monoisotopic (exact) mass is 367 g/mol. The molecule has 0 bridgehead atoms. The third-order valence-corrected chi connectivity index (χ3v) is 3.01. The van der Waals surface area contributed by atoms with E-state index in [1.165, 1.54) is 0 Å². The second-order valence-electron chi connectivity index (χ2n) is 4.35. The van der Waals surface area contributed by atoms with Crippen molar-refractivity contribution in [1.82, 2.24) is 9.97 Å². The van der Waals surface area contributed by atoms with Gasteiger partial charge in [-0.2, -0.15) is 13.2 Å². The number of halogens is 5. The molecule has 0 aliphatic heterocycles. The molecule has 0 aliphatic carbocycles. The van der Waals surface area contributed by atoms with Gasteiger partial charge in [-0.25, -0.2) is 9.97 Å². The van der Waals surface area contributed by atoms with Gasteiger partial charge in [0.05, 0.1) is 16.3 Å². The molecule has 126 valence electrons. The van der Waals surface area contributed by atoms with E-state index in [1.54, 1.807) is 18.3 Å². The molecular weight excluding hydrogens is 354 g/mol. The fourth-order valence-corrected chi connectivity index (χ4v) is 1.88. The Balaban J connectivity index is 0.00000264. The lowest BCUT2D eigenvalue weighted by molar-refractivity contribution is -0.137. The van der Waals surface area contributed by atoms with Gasteiger partial charge in [0.25, 0.3) is 0 Å². The average Bonchev–Trinajstić information content (AvgIpc) is 2.45. The van der Waals surface area contributed by atoms with Crippen LogP contribution in [-0.2, 0) is 6.18 Å². The van der Waals surface area contributed by atoms with E-state index < -0.39 is 11.7 Å². The van der Waals surface area contributed by atoms with Crippen LogP contribution in [-0.4, -0.2) is 23.1 Å². The van der Waals surface area contributed by atoms with Gasteiger partial charge in [0.2, 0.25) is 0 Å². The van der Waals surface area contributed by atoms with E-state index in [4.69, 9.17) is 17.3 Å². The summed E-state index contributed by atoms with van der Waals surface area (Å²) in [6.07, 6.45) is -2.13. The molecule has 0 spiro atoms. The Kier molecular flexibility index (Phi) is 6.71. The molecule has 0 aliphatic rings. The number of nitrogens with zero attached hydrogens (tertiary/aromatic N) is 2. The Hall–Kier alpha value is -1.93. The molecule has 0 fully saturated rings. The predicted octanol–water partition coefficient (Wildman–Crippen LogP) is 3.68. The SMILES string of the molecule is Cl.Nc1cccnc1NCCNc1ncc(C(F)(F)F)cc1Cl. The molecule has 10 heteroatoms. The molecule has 2 aromatic heterocycles. The Labute approximate surface area is 141 Å². The first-order chi connectivity index (χ1) is 10.4. The first kappa shape index (κ1) is 19.1. The van der Waals surface area contributed by atoms with E-state index in [9.17, 15) is 13.2 Å². The molecule has 0 atom stereocenters. The maximum Gasteiger partial charge on any atom is 0.417 e. The molecule has 23 heavy (non-hydrogen) atoms. The first-order valence-electron chi connectivity index (χ1n) is 6.29. The number of nitrogens with one attached hydrogen (secondary N) is 2. The van der Waals surface area contributed by atoms with E-state index in [-0.39, 0.29) is 23.2 Å². The van der Waals surface area contributed by atoms with Gasteiger partial charge in [-0.15, -0.1) is 12.4 Å². The molecule has 0 unspecified atom stereocenters. The third kappa shape index (κ3) is 5.33. The van der Waals surface area contributed by atoms with Crippen molar-refractivity contribution < 1.29 is 13.2 Å². The minimum atomic E-state index is -4.47. The lowest BCUT2D eigenvalue weighted by Crippen LogP contribution is -2.16. The van der Waals surface area contributed by atoms with Crippen molar-refractivity contribution in [3.05, 3.63) is 41.2 Å². The Bertz CT molecular complexity index is 652. The summed E-state index contributed by atoms with van der Waals surface area (Å²) in [5.74, 6) is 0.723. The van der Waals surface area contributed by atoms with Gasteiger partial charge in [0, 0.05) is 25.5 Å². The molecule has 2 heterocycles. The summed E-state index contributed by atoms with van der Waals surface area (Å²) in [4.78, 5) is 7.72. The zero-order valence-corrected chi connectivity index (χ0v) is 13.3. The normalized spacial score (nSPS) is 10.8. The van der Waals surface area contributed by atoms with Crippen LogP contribution in [0.15, 0.2) is 30.6 Å². The van der Waals surface area contributed by atoms with Crippen molar-refractivity contribution in [2.75, 3.05) is 29.5 Å². The molecular formula is C13H14Cl2F3N5. The van der Waals surface area contributed by atoms with Crippen molar-refractivity contribution in [3.63, 3.8) is 0 Å². The third-order valence-electron chi connectivity index (χ3n) is 2.72. The number of nitrogens with two attached hydrogens (primary N) is 1. The largest absolute Gasteiger partial charge is 0.417 e. The van der Waals surface area contributed by atoms with Crippen molar-refractivity contribution in [1.29, 1.82) is 0 Å². The average molecular weight is 368 g/mol. The van der Waals surface area contributed by atoms with Crippen LogP contribution in [0.25, 0.3) is 0 Å². The van der Waals surface area contributed by atoms with Crippen molar-refractivity contribution >= 4 is 41.3 Å². The molecule has 4 N–H and O–H groups in total. The summed E-state index contributed by atoms with van der Waals surface area (Å²) in [6.45, 7) is 0.828. The summed E-state index contributed by atoms with van der Waals surface area (Å²) >= 11 is 5.78. The highest BCUT2D eigenvalue weighted by atomic mass is 35.5. The fraction of sp³-hybridized carbons (Fsp3) is 0.231. The first-order valence-corrected chi connectivity index (χ1v) is 6.66. The smallest absolute Gasteiger partial charge is 0.396 e. The van der Waals surface area contributed by atoms with E-state index in [1.807, 2.05) is 0 Å². The van der Waals surface area contributed by atoms with Crippen LogP contribution < -0.4 is 16.4 Å². The lowest BCUT2D eigenvalue weighted by Gasteiger charge is -2.12. The highest BCUT2D eigenvalue weighted by molar-refractivity contribution is 6.32. The lowest BCUT2D eigenvalue weighted by atomic mass is 10.3. The van der Waals surface area contributed by atoms with Gasteiger partial charge in [-0.3, -0.25) is 0 Å². The van der Waals surface area contributed by atoms with Gasteiger partial charge in [-0.1, -0.05) is 11.6 Å². The number of hydrogen-bond donors (Lipinski definition) is 3. The number of pyridine rings is 2. The summed E-state index contributed by atoms with van der Waals surface area (Å²) in [5, 5.41) is 5.74. The molecule has 0 saturated carbocycles. The molecule has 0 aromatic carbocycles. The van der Waals surface area contributed by atoms with Crippen molar-refractivity contribution in [3.8, 4) is 0 Å². The zero-order chi connectivity index (χ0) is 16.2. The Morgan fingerprint density at radius 1 is 1.13 bits per heavy atom. The van der Waals surface area contributed by atoms with Gasteiger partial charge in [0.15, 0.2) is 0 Å². The van der Waals surface area contributed by atoms with Crippen LogP contribution in [0.5, 0.6) is 0 Å². The van der Waals surface area contributed by atoms with Crippen LogP contribution in [0.3, 0.4) is 0 Å². The van der Waals surface area contributed by atoms with Crippen LogP contribution >= 0.6 is 24.0 Å². The molecule has 0 radical (unpaired) electrons. The van der Waals surface area contributed by atoms with Crippen LogP contribution in [0.1, 0.15) is 5.56 Å². The number of nitrogen functional groups attached to an aromatic ring is 1. The van der Waals surface area contributed by atoms with E-state index in [2.05, 4.69) is 20.6 Å². The highest BCUT2D eigenvalue weighted by Crippen LogP contribution is 2.32. The molecule has 0 amide bonds. The number of hydrogen-bond acceptors (Lipinski definition) is 5. The van der Waals surface area contributed by atoms with Gasteiger partial charge in [-0.05, 0) is 18.2 Å². The van der Waals surface area contributed by atoms with Crippen molar-refractivity contribution in [2.24, 2.45) is 0 Å². The maximum atomic E-state index is 12.5. The zero-order valence-electron chi connectivity index (χ0n) is 11.7. The topological polar surface area (TPSA) is 75.9 Å². The summed E-state index contributed by atoms with van der Waals surface area (Å²) in [6, 6.07) is 4.25. The number of alkyl halides is 3. The molecule has 0 saturated heterocycles. The Morgan fingerprint density at radius 3 is 2.35 bits per heavy atom.